The summed E-state index contributed by atoms with van der Waals surface area (Å²) in [6.45, 7) is 2.37. The lowest BCUT2D eigenvalue weighted by Gasteiger charge is -2.29. The van der Waals surface area contributed by atoms with Crippen molar-refractivity contribution in [2.24, 2.45) is 5.10 Å². The summed E-state index contributed by atoms with van der Waals surface area (Å²) in [5.41, 5.74) is 5.22. The van der Waals surface area contributed by atoms with E-state index in [0.29, 0.717) is 49.1 Å². The van der Waals surface area contributed by atoms with E-state index in [2.05, 4.69) is 26.6 Å². The summed E-state index contributed by atoms with van der Waals surface area (Å²) in [6, 6.07) is 16.3. The van der Waals surface area contributed by atoms with Gasteiger partial charge in [-0.1, -0.05) is 12.1 Å². The largest absolute Gasteiger partial charge is 0.508 e. The Balaban J connectivity index is 1.72. The third kappa shape index (κ3) is 4.77. The summed E-state index contributed by atoms with van der Waals surface area (Å²) in [5.74, 6) is 1.66. The maximum absolute atomic E-state index is 9.95. The summed E-state index contributed by atoms with van der Waals surface area (Å²) in [6.07, 6.45) is 1.56. The zero-order chi connectivity index (χ0) is 22.3. The fraction of sp³-hybridized carbons (Fsp3) is 0.217. The predicted molar refractivity (Wildman–Crippen MR) is 121 cm³/mol. The summed E-state index contributed by atoms with van der Waals surface area (Å²) in [7, 11) is 1.60. The second kappa shape index (κ2) is 9.76. The molecular formula is C23H22N6O3. The van der Waals surface area contributed by atoms with Gasteiger partial charge in [-0.3, -0.25) is 0 Å². The average molecular weight is 430 g/mol. The average Bonchev–Trinajstić information content (AvgIpc) is 2.84. The highest BCUT2D eigenvalue weighted by molar-refractivity contribution is 5.81. The number of phenolic OH excluding ortho intramolecular Hbond substituents is 1. The first-order valence-corrected chi connectivity index (χ1v) is 10.1. The van der Waals surface area contributed by atoms with E-state index in [0.717, 1.165) is 11.1 Å². The number of ether oxygens (including phenoxy) is 2. The van der Waals surface area contributed by atoms with Gasteiger partial charge in [0.1, 0.15) is 23.1 Å². The van der Waals surface area contributed by atoms with Crippen molar-refractivity contribution in [1.29, 1.82) is 5.26 Å². The van der Waals surface area contributed by atoms with Crippen LogP contribution in [0.2, 0.25) is 0 Å². The second-order valence-electron chi connectivity index (χ2n) is 7.00. The van der Waals surface area contributed by atoms with Gasteiger partial charge in [0.25, 0.3) is 0 Å². The Morgan fingerprint density at radius 2 is 1.97 bits per heavy atom. The number of morpholine rings is 1. The number of aromatic nitrogens is 2. The van der Waals surface area contributed by atoms with Crippen LogP contribution < -0.4 is 15.1 Å². The van der Waals surface area contributed by atoms with Gasteiger partial charge in [-0.2, -0.15) is 15.3 Å². The molecule has 0 amide bonds. The van der Waals surface area contributed by atoms with Crippen molar-refractivity contribution in [3.05, 3.63) is 59.7 Å². The van der Waals surface area contributed by atoms with E-state index in [1.54, 1.807) is 31.5 Å². The van der Waals surface area contributed by atoms with E-state index in [1.807, 2.05) is 35.2 Å². The quantitative estimate of drug-likeness (QED) is 0.453. The minimum Gasteiger partial charge on any atom is -0.508 e. The van der Waals surface area contributed by atoms with E-state index in [1.165, 1.54) is 0 Å². The van der Waals surface area contributed by atoms with Crippen molar-refractivity contribution in [2.75, 3.05) is 43.7 Å². The molecule has 2 aromatic carbocycles. The van der Waals surface area contributed by atoms with Crippen LogP contribution in [0.15, 0.2) is 53.6 Å². The molecule has 0 saturated carbocycles. The van der Waals surface area contributed by atoms with Gasteiger partial charge in [-0.25, -0.2) is 10.4 Å². The monoisotopic (exact) mass is 430 g/mol. The molecule has 2 heterocycles. The maximum Gasteiger partial charge on any atom is 0.246 e. The van der Waals surface area contributed by atoms with Crippen LogP contribution in [0.3, 0.4) is 0 Å². The first-order valence-electron chi connectivity index (χ1n) is 10.1. The van der Waals surface area contributed by atoms with E-state index in [9.17, 15) is 10.4 Å². The number of methoxy groups -OCH3 is 1. The number of nitrogens with zero attached hydrogens (tertiary/aromatic N) is 5. The lowest BCUT2D eigenvalue weighted by molar-refractivity contribution is 0.122. The number of nitrogens with one attached hydrogen (secondary N) is 1. The molecule has 32 heavy (non-hydrogen) atoms. The lowest BCUT2D eigenvalue weighted by Crippen LogP contribution is -2.37. The smallest absolute Gasteiger partial charge is 0.246 e. The van der Waals surface area contributed by atoms with Crippen LogP contribution in [-0.4, -0.2) is 54.7 Å². The number of hydrazone groups is 1. The molecule has 0 atom stereocenters. The van der Waals surface area contributed by atoms with Crippen molar-refractivity contribution >= 4 is 18.0 Å². The van der Waals surface area contributed by atoms with Gasteiger partial charge in [0.2, 0.25) is 5.95 Å². The summed E-state index contributed by atoms with van der Waals surface area (Å²) >= 11 is 0. The number of hydrogen-bond acceptors (Lipinski definition) is 9. The third-order valence-corrected chi connectivity index (χ3v) is 4.92. The van der Waals surface area contributed by atoms with E-state index < -0.39 is 0 Å². The van der Waals surface area contributed by atoms with Crippen molar-refractivity contribution in [3.8, 4) is 28.8 Å². The second-order valence-corrected chi connectivity index (χ2v) is 7.00. The van der Waals surface area contributed by atoms with Gasteiger partial charge in [0, 0.05) is 18.7 Å². The number of anilines is 2. The topological polar surface area (TPSA) is 116 Å². The van der Waals surface area contributed by atoms with E-state index in [4.69, 9.17) is 9.47 Å². The zero-order valence-electron chi connectivity index (χ0n) is 17.5. The Bertz CT molecular complexity index is 1150. The van der Waals surface area contributed by atoms with Crippen molar-refractivity contribution in [1.82, 2.24) is 9.97 Å². The summed E-state index contributed by atoms with van der Waals surface area (Å²) in [5, 5.41) is 23.8. The van der Waals surface area contributed by atoms with Gasteiger partial charge in [-0.15, -0.1) is 0 Å². The van der Waals surface area contributed by atoms with Crippen LogP contribution in [0.4, 0.5) is 11.8 Å². The van der Waals surface area contributed by atoms with Gasteiger partial charge in [0.15, 0.2) is 5.82 Å². The van der Waals surface area contributed by atoms with Crippen molar-refractivity contribution in [3.63, 3.8) is 0 Å². The highest BCUT2D eigenvalue weighted by Gasteiger charge is 2.22. The fourth-order valence-corrected chi connectivity index (χ4v) is 3.33. The summed E-state index contributed by atoms with van der Waals surface area (Å²) < 4.78 is 10.7. The Morgan fingerprint density at radius 3 is 2.66 bits per heavy atom. The van der Waals surface area contributed by atoms with Crippen LogP contribution in [0.5, 0.6) is 11.5 Å². The zero-order valence-corrected chi connectivity index (χ0v) is 17.5. The maximum atomic E-state index is 9.95. The molecule has 1 aromatic heterocycles. The minimum absolute atomic E-state index is 0.153. The van der Waals surface area contributed by atoms with E-state index >= 15 is 0 Å². The van der Waals surface area contributed by atoms with Crippen molar-refractivity contribution in [2.45, 2.75) is 0 Å². The number of phenols is 1. The Kier molecular flexibility index (Phi) is 6.43. The Hall–Kier alpha value is -4.16. The third-order valence-electron chi connectivity index (χ3n) is 4.92. The molecule has 1 aliphatic heterocycles. The number of rotatable bonds is 6. The molecule has 1 fully saturated rings. The highest BCUT2D eigenvalue weighted by Crippen LogP contribution is 2.31. The standard InChI is InChI=1S/C23H22N6O3/c1-31-19-7-5-17(6-8-19)21-20(14-24)22(29-9-11-32-12-10-29)27-23(26-21)28-25-15-16-3-2-4-18(30)13-16/h2-8,13,15,30H,9-12H2,1H3,(H,26,27,28). The lowest BCUT2D eigenvalue weighted by atomic mass is 10.1. The molecule has 4 rings (SSSR count). The fourth-order valence-electron chi connectivity index (χ4n) is 3.33. The van der Waals surface area contributed by atoms with Crippen molar-refractivity contribution < 1.29 is 14.6 Å². The first kappa shape index (κ1) is 21.1. The summed E-state index contributed by atoms with van der Waals surface area (Å²) in [4.78, 5) is 11.2. The van der Waals surface area contributed by atoms with Gasteiger partial charge >= 0.3 is 0 Å². The molecule has 1 aliphatic rings. The normalized spacial score (nSPS) is 13.7. The van der Waals surface area contributed by atoms with Gasteiger partial charge < -0.3 is 19.5 Å². The molecule has 0 aliphatic carbocycles. The van der Waals surface area contributed by atoms with Crippen LogP contribution in [-0.2, 0) is 4.74 Å². The molecule has 9 heteroatoms. The van der Waals surface area contributed by atoms with Crippen LogP contribution in [0, 0.1) is 11.3 Å². The van der Waals surface area contributed by atoms with Crippen LogP contribution in [0.25, 0.3) is 11.3 Å². The molecule has 9 nitrogen and oxygen atoms in total. The molecule has 2 N–H and O–H groups in total. The number of aromatic hydroxyl groups is 1. The number of benzene rings is 2. The van der Waals surface area contributed by atoms with Gasteiger partial charge in [0.05, 0.1) is 32.2 Å². The predicted octanol–water partition coefficient (Wildman–Crippen LogP) is 3.01. The van der Waals surface area contributed by atoms with Crippen LogP contribution in [0.1, 0.15) is 11.1 Å². The SMILES string of the molecule is COc1ccc(-c2nc(NN=Cc3cccc(O)c3)nc(N3CCOCC3)c2C#N)cc1. The molecule has 0 bridgehead atoms. The molecule has 0 spiro atoms. The number of hydrogen-bond donors (Lipinski definition) is 2. The van der Waals surface area contributed by atoms with Crippen LogP contribution >= 0.6 is 0 Å². The molecule has 1 saturated heterocycles. The Morgan fingerprint density at radius 1 is 1.19 bits per heavy atom. The minimum atomic E-state index is 0.153. The van der Waals surface area contributed by atoms with Gasteiger partial charge in [-0.05, 0) is 42.0 Å². The highest BCUT2D eigenvalue weighted by atomic mass is 16.5. The molecule has 162 valence electrons. The molecule has 3 aromatic rings. The Labute approximate surface area is 185 Å². The number of nitriles is 1. The van der Waals surface area contributed by atoms with E-state index in [-0.39, 0.29) is 11.7 Å². The molecule has 0 radical (unpaired) electrons. The molecular weight excluding hydrogens is 408 g/mol. The molecule has 0 unspecified atom stereocenters. The first-order chi connectivity index (χ1) is 15.7.